The molecule has 12 nitrogen and oxygen atoms in total. The van der Waals surface area contributed by atoms with Gasteiger partial charge in [-0.05, 0) is 67.6 Å². The topological polar surface area (TPSA) is 128 Å². The van der Waals surface area contributed by atoms with E-state index in [0.29, 0.717) is 48.1 Å². The lowest BCUT2D eigenvalue weighted by Gasteiger charge is -2.41. The number of rotatable bonds is 15. The molecule has 57 heavy (non-hydrogen) atoms. The number of carbonyl (C=O) groups excluding carboxylic acids is 3. The van der Waals surface area contributed by atoms with Gasteiger partial charge < -0.3 is 29.0 Å². The van der Waals surface area contributed by atoms with Crippen molar-refractivity contribution in [2.24, 2.45) is 13.0 Å². The maximum Gasteiger partial charge on any atom is 0.262 e. The van der Waals surface area contributed by atoms with Gasteiger partial charge in [-0.3, -0.25) is 24.3 Å². The summed E-state index contributed by atoms with van der Waals surface area (Å²) in [5.74, 6) is -0.0803. The number of hydrogen-bond donors (Lipinski definition) is 1. The van der Waals surface area contributed by atoms with Crippen molar-refractivity contribution < 1.29 is 28.6 Å². The van der Waals surface area contributed by atoms with Crippen LogP contribution in [0.4, 0.5) is 5.69 Å². The minimum atomic E-state index is -0.801. The summed E-state index contributed by atoms with van der Waals surface area (Å²) >= 11 is 0. The van der Waals surface area contributed by atoms with E-state index in [2.05, 4.69) is 68.7 Å². The first kappa shape index (κ1) is 37.0. The second-order valence-corrected chi connectivity index (χ2v) is 15.9. The highest BCUT2D eigenvalue weighted by Gasteiger charge is 2.44. The van der Waals surface area contributed by atoms with Gasteiger partial charge in [-0.15, -0.1) is 0 Å². The number of hydrogen-bond acceptors (Lipinski definition) is 9. The molecule has 294 valence electrons. The van der Waals surface area contributed by atoms with Crippen LogP contribution < -0.4 is 15.0 Å². The van der Waals surface area contributed by atoms with Crippen LogP contribution in [0.1, 0.15) is 72.1 Å². The van der Waals surface area contributed by atoms with Gasteiger partial charge in [-0.2, -0.15) is 0 Å². The Balaban J connectivity index is 0.618. The number of nitrogens with one attached hydrogen (secondary N) is 1. The molecule has 6 heterocycles. The molecule has 2 saturated heterocycles. The predicted octanol–water partition coefficient (Wildman–Crippen LogP) is 6.82. The van der Waals surface area contributed by atoms with Crippen LogP contribution in [0, 0.1) is 5.92 Å². The molecule has 1 atom stereocenters. The molecule has 9 rings (SSSR count). The number of nitrogens with zero attached hydrogens (tertiary/aromatic N) is 5. The molecule has 3 amide bonds. The molecule has 3 fully saturated rings. The summed E-state index contributed by atoms with van der Waals surface area (Å²) in [7, 11) is 2.09. The Kier molecular flexibility index (Phi) is 10.2. The fraction of sp³-hybridized carbons (Fsp3) is 0.400. The number of anilines is 1. The molecule has 0 radical (unpaired) electrons. The zero-order valence-corrected chi connectivity index (χ0v) is 32.3. The molecule has 2 aromatic carbocycles. The third-order valence-corrected chi connectivity index (χ3v) is 12.0. The number of aromatic nitrogens is 3. The third-order valence-electron chi connectivity index (χ3n) is 12.0. The average molecular weight is 769 g/mol. The van der Waals surface area contributed by atoms with Crippen LogP contribution in [0.25, 0.3) is 32.9 Å². The molecular weight excluding hydrogens is 721 g/mol. The zero-order valence-electron chi connectivity index (χ0n) is 32.3. The molecule has 3 aromatic heterocycles. The quantitative estimate of drug-likeness (QED) is 0.0902. The Morgan fingerprint density at radius 1 is 0.825 bits per heavy atom. The fourth-order valence-electron chi connectivity index (χ4n) is 8.56. The molecular formula is C45H48N6O6. The Bertz CT molecular complexity index is 2340. The van der Waals surface area contributed by atoms with Crippen molar-refractivity contribution in [1.82, 2.24) is 24.8 Å². The van der Waals surface area contributed by atoms with E-state index in [4.69, 9.17) is 14.2 Å². The van der Waals surface area contributed by atoms with Gasteiger partial charge in [0.2, 0.25) is 11.8 Å². The van der Waals surface area contributed by atoms with Gasteiger partial charge in [0.1, 0.15) is 12.1 Å². The van der Waals surface area contributed by atoms with E-state index < -0.39 is 17.9 Å². The molecule has 12 heteroatoms. The standard InChI is InChI=1S/C45H48N6O6/c1-28-7-13-40(43(52)48-28)51-44(53)36-12-10-32(20-37(36)45(51)54)50-25-29(26-50)27-55-17-5-3-4-6-18-56-33-21-34(22-33)57-42-14-9-31(23-47-42)30-8-11-35-38-24-46-16-15-39(38)49(2)41(35)19-30/h8-12,14-16,19-20,23-24,29,33-34,40H,1,3-7,13,17-18,21-22,25-27H2,2H3,(H,48,52). The number of carbonyl (C=O) groups is 3. The lowest BCUT2D eigenvalue weighted by Crippen LogP contribution is -2.51. The zero-order chi connectivity index (χ0) is 39.0. The van der Waals surface area contributed by atoms with Crippen molar-refractivity contribution in [2.75, 3.05) is 37.8 Å². The normalized spacial score (nSPS) is 20.9. The summed E-state index contributed by atoms with van der Waals surface area (Å²) in [5.41, 5.74) is 6.77. The summed E-state index contributed by atoms with van der Waals surface area (Å²) in [6.45, 7) is 7.70. The van der Waals surface area contributed by atoms with Crippen molar-refractivity contribution in [3.8, 4) is 17.0 Å². The number of unbranched alkanes of at least 4 members (excludes halogenated alkanes) is 3. The van der Waals surface area contributed by atoms with E-state index in [-0.39, 0.29) is 18.1 Å². The summed E-state index contributed by atoms with van der Waals surface area (Å²) < 4.78 is 20.4. The second-order valence-electron chi connectivity index (χ2n) is 15.9. The fourth-order valence-corrected chi connectivity index (χ4v) is 8.56. The first-order chi connectivity index (χ1) is 27.8. The Labute approximate surface area is 331 Å². The van der Waals surface area contributed by atoms with Crippen LogP contribution in [0.5, 0.6) is 5.88 Å². The number of allylic oxidation sites excluding steroid dienone is 1. The molecule has 5 aromatic rings. The van der Waals surface area contributed by atoms with Gasteiger partial charge in [0, 0.05) is 110 Å². The summed E-state index contributed by atoms with van der Waals surface area (Å²) in [6.07, 6.45) is 13.1. The predicted molar refractivity (Wildman–Crippen MR) is 217 cm³/mol. The largest absolute Gasteiger partial charge is 0.474 e. The molecule has 0 bridgehead atoms. The molecule has 1 saturated carbocycles. The lowest BCUT2D eigenvalue weighted by atomic mass is 9.92. The number of aryl methyl sites for hydroxylation is 1. The van der Waals surface area contributed by atoms with E-state index in [1.807, 2.05) is 30.7 Å². The summed E-state index contributed by atoms with van der Waals surface area (Å²) in [5, 5.41) is 5.04. The molecule has 0 spiro atoms. The van der Waals surface area contributed by atoms with Crippen LogP contribution >= 0.6 is 0 Å². The van der Waals surface area contributed by atoms with E-state index in [1.54, 1.807) is 12.1 Å². The number of imide groups is 1. The van der Waals surface area contributed by atoms with Gasteiger partial charge >= 0.3 is 0 Å². The van der Waals surface area contributed by atoms with E-state index in [1.165, 1.54) is 16.4 Å². The Hall–Kier alpha value is -5.59. The monoisotopic (exact) mass is 768 g/mol. The molecule has 1 unspecified atom stereocenters. The third kappa shape index (κ3) is 7.39. The first-order valence-corrected chi connectivity index (χ1v) is 20.2. The molecule has 1 N–H and O–H groups in total. The van der Waals surface area contributed by atoms with Crippen molar-refractivity contribution in [3.05, 3.63) is 96.6 Å². The maximum absolute atomic E-state index is 13.2. The van der Waals surface area contributed by atoms with Crippen molar-refractivity contribution in [2.45, 2.75) is 69.6 Å². The van der Waals surface area contributed by atoms with Crippen LogP contribution in [-0.4, -0.2) is 88.3 Å². The number of piperidine rings is 1. The van der Waals surface area contributed by atoms with Gasteiger partial charge in [-0.1, -0.05) is 31.6 Å². The molecule has 3 aliphatic heterocycles. The van der Waals surface area contributed by atoms with Crippen LogP contribution in [0.3, 0.4) is 0 Å². The maximum atomic E-state index is 13.2. The SMILES string of the molecule is C=C1CCC(N2C(=O)c3ccc(N4CC(COCCCCCCOC5CC(Oc6ccc(-c7ccc8c9cnccc9n(C)c8c7)cn6)C5)C4)cc3C2=O)C(=O)N1. The van der Waals surface area contributed by atoms with E-state index >= 15 is 0 Å². The highest BCUT2D eigenvalue weighted by Crippen LogP contribution is 2.35. The number of pyridine rings is 2. The highest BCUT2D eigenvalue weighted by atomic mass is 16.5. The Morgan fingerprint density at radius 2 is 1.63 bits per heavy atom. The minimum absolute atomic E-state index is 0.141. The van der Waals surface area contributed by atoms with E-state index in [9.17, 15) is 14.4 Å². The number of fused-ring (bicyclic) bond motifs is 4. The second kappa shape index (κ2) is 15.7. The minimum Gasteiger partial charge on any atom is -0.474 e. The highest BCUT2D eigenvalue weighted by molar-refractivity contribution is 6.23. The van der Waals surface area contributed by atoms with Crippen molar-refractivity contribution in [1.29, 1.82) is 0 Å². The number of benzene rings is 2. The van der Waals surface area contributed by atoms with Gasteiger partial charge in [0.05, 0.1) is 29.4 Å². The van der Waals surface area contributed by atoms with Gasteiger partial charge in [-0.25, -0.2) is 4.98 Å². The molecule has 4 aliphatic rings. The molecule has 1 aliphatic carbocycles. The van der Waals surface area contributed by atoms with Crippen molar-refractivity contribution >= 4 is 45.2 Å². The van der Waals surface area contributed by atoms with E-state index in [0.717, 1.165) is 91.9 Å². The number of amides is 3. The van der Waals surface area contributed by atoms with Gasteiger partial charge in [0.25, 0.3) is 11.8 Å². The van der Waals surface area contributed by atoms with Crippen LogP contribution in [0.2, 0.25) is 0 Å². The summed E-state index contributed by atoms with van der Waals surface area (Å²) in [4.78, 5) is 51.0. The smallest absolute Gasteiger partial charge is 0.262 e. The average Bonchev–Trinajstić information content (AvgIpc) is 3.61. The Morgan fingerprint density at radius 3 is 2.44 bits per heavy atom. The first-order valence-electron chi connectivity index (χ1n) is 20.2. The lowest BCUT2D eigenvalue weighted by molar-refractivity contribution is -0.125. The van der Waals surface area contributed by atoms with Crippen molar-refractivity contribution in [3.63, 3.8) is 0 Å². The number of ether oxygens (including phenoxy) is 3. The van der Waals surface area contributed by atoms with Crippen LogP contribution in [-0.2, 0) is 21.3 Å². The van der Waals surface area contributed by atoms with Crippen LogP contribution in [0.15, 0.2) is 85.5 Å². The van der Waals surface area contributed by atoms with Gasteiger partial charge in [0.15, 0.2) is 0 Å². The summed E-state index contributed by atoms with van der Waals surface area (Å²) in [6, 6.07) is 17.2.